The zero-order valence-electron chi connectivity index (χ0n) is 12.4. The van der Waals surface area contributed by atoms with Crippen LogP contribution in [0.3, 0.4) is 0 Å². The van der Waals surface area contributed by atoms with Gasteiger partial charge in [0.25, 0.3) is 0 Å². The van der Waals surface area contributed by atoms with Crippen molar-refractivity contribution in [2.45, 2.75) is 6.61 Å². The second kappa shape index (κ2) is 8.20. The van der Waals surface area contributed by atoms with E-state index < -0.39 is 5.97 Å². The number of nitrogens with zero attached hydrogens (tertiary/aromatic N) is 1. The Kier molecular flexibility index (Phi) is 6.01. The molecule has 0 saturated heterocycles. The highest BCUT2D eigenvalue weighted by molar-refractivity contribution is 9.10. The zero-order valence-corrected chi connectivity index (χ0v) is 14.0. The summed E-state index contributed by atoms with van der Waals surface area (Å²) < 4.78 is 16.5. The van der Waals surface area contributed by atoms with Crippen molar-refractivity contribution in [3.05, 3.63) is 52.3 Å². The molecule has 0 saturated carbocycles. The lowest BCUT2D eigenvalue weighted by Crippen LogP contribution is -2.07. The molecule has 2 aromatic rings. The molecule has 0 spiro atoms. The van der Waals surface area contributed by atoms with Crippen molar-refractivity contribution >= 4 is 21.9 Å². The van der Waals surface area contributed by atoms with Gasteiger partial charge < -0.3 is 14.2 Å². The van der Waals surface area contributed by atoms with Crippen LogP contribution in [0.4, 0.5) is 0 Å². The number of aromatic nitrogens is 1. The van der Waals surface area contributed by atoms with Gasteiger partial charge in [0, 0.05) is 18.0 Å². The lowest BCUT2D eigenvalue weighted by molar-refractivity contribution is 0.0556. The van der Waals surface area contributed by atoms with E-state index in [0.29, 0.717) is 28.1 Å². The first-order valence-corrected chi connectivity index (χ1v) is 7.44. The van der Waals surface area contributed by atoms with Crippen molar-refractivity contribution in [1.82, 2.24) is 4.98 Å². The smallest absolute Gasteiger partial charge is 0.339 e. The van der Waals surface area contributed by atoms with Crippen LogP contribution in [0.15, 0.2) is 41.1 Å². The highest BCUT2D eigenvalue weighted by Crippen LogP contribution is 2.37. The van der Waals surface area contributed by atoms with E-state index in [2.05, 4.69) is 26.8 Å². The van der Waals surface area contributed by atoms with Gasteiger partial charge in [0.2, 0.25) is 0 Å². The highest BCUT2D eigenvalue weighted by Gasteiger charge is 2.16. The summed E-state index contributed by atoms with van der Waals surface area (Å²) in [5.41, 5.74) is 1.23. The number of terminal acetylenes is 1. The lowest BCUT2D eigenvalue weighted by atomic mass is 10.2. The van der Waals surface area contributed by atoms with Crippen molar-refractivity contribution in [3.63, 3.8) is 0 Å². The number of carbonyl (C=O) groups excluding carboxylic acids is 1. The molecule has 0 N–H and O–H groups in total. The van der Waals surface area contributed by atoms with E-state index in [4.69, 9.17) is 20.6 Å². The summed E-state index contributed by atoms with van der Waals surface area (Å²) in [4.78, 5) is 15.9. The van der Waals surface area contributed by atoms with Crippen LogP contribution in [-0.4, -0.2) is 24.7 Å². The number of methoxy groups -OCH3 is 1. The molecule has 1 aromatic carbocycles. The first-order chi connectivity index (χ1) is 11.2. The molecule has 0 aliphatic carbocycles. The first-order valence-electron chi connectivity index (χ1n) is 6.65. The van der Waals surface area contributed by atoms with Crippen LogP contribution >= 0.6 is 15.9 Å². The molecule has 6 heteroatoms. The summed E-state index contributed by atoms with van der Waals surface area (Å²) in [6, 6.07) is 6.87. The van der Waals surface area contributed by atoms with Crippen molar-refractivity contribution in [2.24, 2.45) is 0 Å². The third-order valence-corrected chi connectivity index (χ3v) is 3.45. The number of rotatable bonds is 6. The van der Waals surface area contributed by atoms with Crippen LogP contribution in [0.2, 0.25) is 0 Å². The minimum atomic E-state index is -0.527. The second-order valence-corrected chi connectivity index (χ2v) is 5.27. The van der Waals surface area contributed by atoms with Gasteiger partial charge in [-0.15, -0.1) is 6.42 Å². The number of pyridine rings is 1. The number of ether oxygens (including phenoxy) is 3. The number of carbonyl (C=O) groups is 1. The maximum absolute atomic E-state index is 11.9. The quantitative estimate of drug-likeness (QED) is 0.573. The van der Waals surface area contributed by atoms with Crippen molar-refractivity contribution in [1.29, 1.82) is 0 Å². The molecule has 118 valence electrons. The molecule has 0 aliphatic rings. The van der Waals surface area contributed by atoms with Gasteiger partial charge in [0.05, 0.1) is 17.1 Å². The van der Waals surface area contributed by atoms with E-state index in [1.165, 1.54) is 7.11 Å². The Morgan fingerprint density at radius 3 is 2.91 bits per heavy atom. The summed E-state index contributed by atoms with van der Waals surface area (Å²) in [7, 11) is 1.50. The van der Waals surface area contributed by atoms with E-state index in [1.807, 2.05) is 12.1 Å². The van der Waals surface area contributed by atoms with E-state index >= 15 is 0 Å². The maximum Gasteiger partial charge on any atom is 0.339 e. The van der Waals surface area contributed by atoms with Crippen LogP contribution in [0.1, 0.15) is 15.9 Å². The fourth-order valence-corrected chi connectivity index (χ4v) is 2.36. The summed E-state index contributed by atoms with van der Waals surface area (Å²) in [5.74, 6) is 2.62. The van der Waals surface area contributed by atoms with Gasteiger partial charge in [-0.05, 0) is 34.1 Å². The molecular formula is C17H14BrNO4. The minimum absolute atomic E-state index is 0.0853. The minimum Gasteiger partial charge on any atom is -0.493 e. The fourth-order valence-electron chi connectivity index (χ4n) is 1.81. The third-order valence-electron chi connectivity index (χ3n) is 2.86. The molecule has 0 amide bonds. The van der Waals surface area contributed by atoms with Crippen molar-refractivity contribution in [2.75, 3.05) is 13.7 Å². The molecule has 2 rings (SSSR count). The van der Waals surface area contributed by atoms with Crippen molar-refractivity contribution < 1.29 is 19.0 Å². The van der Waals surface area contributed by atoms with Crippen LogP contribution in [0.5, 0.6) is 11.5 Å². The van der Waals surface area contributed by atoms with Crippen LogP contribution in [-0.2, 0) is 11.3 Å². The average molecular weight is 376 g/mol. The van der Waals surface area contributed by atoms with Crippen LogP contribution in [0, 0.1) is 12.3 Å². The summed E-state index contributed by atoms with van der Waals surface area (Å²) in [6.07, 6.45) is 8.48. The Labute approximate surface area is 142 Å². The van der Waals surface area contributed by atoms with Gasteiger partial charge in [0.15, 0.2) is 18.1 Å². The Bertz CT molecular complexity index is 725. The van der Waals surface area contributed by atoms with Gasteiger partial charge in [-0.3, -0.25) is 4.98 Å². The topological polar surface area (TPSA) is 57.7 Å². The maximum atomic E-state index is 11.9. The number of hydrogen-bond acceptors (Lipinski definition) is 5. The predicted molar refractivity (Wildman–Crippen MR) is 88.4 cm³/mol. The molecule has 0 bridgehead atoms. The van der Waals surface area contributed by atoms with E-state index in [1.54, 1.807) is 24.5 Å². The Morgan fingerprint density at radius 2 is 2.26 bits per heavy atom. The largest absolute Gasteiger partial charge is 0.493 e. The Balaban J connectivity index is 2.20. The molecule has 5 nitrogen and oxygen atoms in total. The molecule has 23 heavy (non-hydrogen) atoms. The summed E-state index contributed by atoms with van der Waals surface area (Å²) in [6.45, 7) is 0.238. The molecule has 0 atom stereocenters. The van der Waals surface area contributed by atoms with Gasteiger partial charge in [-0.1, -0.05) is 12.0 Å². The standard InChI is InChI=1S/C17H14BrNO4/c1-3-7-22-17(20)13-8-14(18)16(15(9-13)21-2)23-11-12-5-4-6-19-10-12/h1,4-6,8-10H,7,11H2,2H3. The third kappa shape index (κ3) is 4.47. The second-order valence-electron chi connectivity index (χ2n) is 4.42. The molecule has 0 aliphatic heterocycles. The summed E-state index contributed by atoms with van der Waals surface area (Å²) in [5, 5.41) is 0. The molecule has 1 aromatic heterocycles. The molecular weight excluding hydrogens is 362 g/mol. The first kappa shape index (κ1) is 16.8. The highest BCUT2D eigenvalue weighted by atomic mass is 79.9. The van der Waals surface area contributed by atoms with E-state index in [-0.39, 0.29) is 6.61 Å². The number of esters is 1. The molecule has 1 heterocycles. The van der Waals surface area contributed by atoms with E-state index in [0.717, 1.165) is 5.56 Å². The zero-order chi connectivity index (χ0) is 16.7. The van der Waals surface area contributed by atoms with Gasteiger partial charge in [-0.2, -0.15) is 0 Å². The Hall–Kier alpha value is -2.52. The average Bonchev–Trinajstić information content (AvgIpc) is 2.58. The van der Waals surface area contributed by atoms with Crippen LogP contribution < -0.4 is 9.47 Å². The SMILES string of the molecule is C#CCOC(=O)c1cc(Br)c(OCc2cccnc2)c(OC)c1. The predicted octanol–water partition coefficient (Wildman–Crippen LogP) is 3.22. The number of halogens is 1. The normalized spacial score (nSPS) is 9.78. The van der Waals surface area contributed by atoms with Gasteiger partial charge >= 0.3 is 5.97 Å². The summed E-state index contributed by atoms with van der Waals surface area (Å²) >= 11 is 3.38. The monoisotopic (exact) mass is 375 g/mol. The molecule has 0 unspecified atom stereocenters. The molecule has 0 radical (unpaired) electrons. The van der Waals surface area contributed by atoms with Crippen molar-refractivity contribution in [3.8, 4) is 23.8 Å². The number of hydrogen-bond donors (Lipinski definition) is 0. The van der Waals surface area contributed by atoms with E-state index in [9.17, 15) is 4.79 Å². The number of benzene rings is 1. The Morgan fingerprint density at radius 1 is 1.43 bits per heavy atom. The fraction of sp³-hybridized carbons (Fsp3) is 0.176. The van der Waals surface area contributed by atoms with Crippen LogP contribution in [0.25, 0.3) is 0 Å². The molecule has 0 fully saturated rings. The van der Waals surface area contributed by atoms with Gasteiger partial charge in [0.1, 0.15) is 6.61 Å². The van der Waals surface area contributed by atoms with Gasteiger partial charge in [-0.25, -0.2) is 4.79 Å². The lowest BCUT2D eigenvalue weighted by Gasteiger charge is -2.14.